The van der Waals surface area contributed by atoms with Crippen LogP contribution in [0.15, 0.2) is 76.3 Å². The highest BCUT2D eigenvalue weighted by Gasteiger charge is 2.16. The third-order valence-electron chi connectivity index (χ3n) is 4.66. The van der Waals surface area contributed by atoms with E-state index in [0.29, 0.717) is 35.0 Å². The molecule has 8 nitrogen and oxygen atoms in total. The van der Waals surface area contributed by atoms with Gasteiger partial charge in [-0.05, 0) is 48.0 Å². The van der Waals surface area contributed by atoms with E-state index in [4.69, 9.17) is 14.2 Å². The molecule has 4 rings (SSSR count). The average molecular weight is 510 g/mol. The van der Waals surface area contributed by atoms with Gasteiger partial charge in [-0.2, -0.15) is 5.10 Å². The summed E-state index contributed by atoms with van der Waals surface area (Å²) in [5.41, 5.74) is 4.50. The van der Waals surface area contributed by atoms with Gasteiger partial charge in [-0.15, -0.1) is 0 Å². The van der Waals surface area contributed by atoms with E-state index in [-0.39, 0.29) is 13.3 Å². The van der Waals surface area contributed by atoms with Crippen LogP contribution >= 0.6 is 15.9 Å². The van der Waals surface area contributed by atoms with E-state index in [1.54, 1.807) is 18.2 Å². The van der Waals surface area contributed by atoms with Crippen LogP contribution in [0.25, 0.3) is 0 Å². The van der Waals surface area contributed by atoms with Crippen molar-refractivity contribution in [3.8, 4) is 17.2 Å². The van der Waals surface area contributed by atoms with Gasteiger partial charge >= 0.3 is 0 Å². The molecule has 2 amide bonds. The molecule has 0 saturated heterocycles. The lowest BCUT2D eigenvalue weighted by molar-refractivity contribution is -0.120. The number of benzene rings is 3. The quantitative estimate of drug-likeness (QED) is 0.356. The third-order valence-corrected chi connectivity index (χ3v) is 5.19. The molecule has 0 radical (unpaired) electrons. The summed E-state index contributed by atoms with van der Waals surface area (Å²) < 4.78 is 17.4. The van der Waals surface area contributed by atoms with E-state index in [1.807, 2.05) is 48.5 Å². The molecular weight excluding hydrogens is 490 g/mol. The Hall–Kier alpha value is -3.85. The molecule has 9 heteroatoms. The Balaban J connectivity index is 1.27. The molecule has 3 aromatic carbocycles. The van der Waals surface area contributed by atoms with Crippen molar-refractivity contribution >= 4 is 34.0 Å². The lowest BCUT2D eigenvalue weighted by Crippen LogP contribution is -2.34. The van der Waals surface area contributed by atoms with Crippen molar-refractivity contribution in [2.24, 2.45) is 5.10 Å². The molecule has 3 aromatic rings. The maximum Gasteiger partial charge on any atom is 0.259 e. The van der Waals surface area contributed by atoms with Crippen LogP contribution in [0.3, 0.4) is 0 Å². The van der Waals surface area contributed by atoms with Gasteiger partial charge in [-0.25, -0.2) is 5.43 Å². The molecule has 0 aliphatic carbocycles. The zero-order chi connectivity index (χ0) is 23.0. The number of rotatable bonds is 8. The number of hydrogen-bond acceptors (Lipinski definition) is 6. The Kier molecular flexibility index (Phi) is 7.21. The van der Waals surface area contributed by atoms with E-state index < -0.39 is 11.8 Å². The van der Waals surface area contributed by atoms with Crippen LogP contribution in [0.4, 0.5) is 0 Å². The molecule has 1 aliphatic rings. The van der Waals surface area contributed by atoms with Gasteiger partial charge in [0, 0.05) is 15.6 Å². The van der Waals surface area contributed by atoms with E-state index >= 15 is 0 Å². The molecule has 1 heterocycles. The summed E-state index contributed by atoms with van der Waals surface area (Å²) in [5, 5.41) is 6.51. The first-order chi connectivity index (χ1) is 16.1. The monoisotopic (exact) mass is 509 g/mol. The van der Waals surface area contributed by atoms with Gasteiger partial charge in [0.05, 0.1) is 12.8 Å². The fourth-order valence-electron chi connectivity index (χ4n) is 2.97. The topological polar surface area (TPSA) is 98.3 Å². The Labute approximate surface area is 198 Å². The highest BCUT2D eigenvalue weighted by atomic mass is 79.9. The number of para-hydroxylation sites is 1. The molecule has 168 valence electrons. The molecule has 2 N–H and O–H groups in total. The van der Waals surface area contributed by atoms with E-state index in [9.17, 15) is 9.59 Å². The minimum Gasteiger partial charge on any atom is -0.488 e. The third kappa shape index (κ3) is 6.11. The first-order valence-corrected chi connectivity index (χ1v) is 10.8. The summed E-state index contributed by atoms with van der Waals surface area (Å²) in [6.45, 7) is 0.294. The Morgan fingerprint density at radius 2 is 1.82 bits per heavy atom. The zero-order valence-electron chi connectivity index (χ0n) is 17.4. The van der Waals surface area contributed by atoms with Crippen molar-refractivity contribution in [1.82, 2.24) is 10.7 Å². The summed E-state index contributed by atoms with van der Waals surface area (Å²) in [6, 6.07) is 20.0. The summed E-state index contributed by atoms with van der Waals surface area (Å²) in [7, 11) is 0. The molecule has 0 atom stereocenters. The number of carbonyl (C=O) groups excluding carboxylic acids is 2. The average Bonchev–Trinajstić information content (AvgIpc) is 3.31. The van der Waals surface area contributed by atoms with Crippen molar-refractivity contribution in [2.45, 2.75) is 6.61 Å². The van der Waals surface area contributed by atoms with E-state index in [0.717, 1.165) is 10.0 Å². The maximum atomic E-state index is 12.3. The first-order valence-electron chi connectivity index (χ1n) is 10.0. The Morgan fingerprint density at radius 3 is 2.67 bits per heavy atom. The first kappa shape index (κ1) is 22.3. The van der Waals surface area contributed by atoms with E-state index in [2.05, 4.69) is 31.8 Å². The highest BCUT2D eigenvalue weighted by molar-refractivity contribution is 9.10. The van der Waals surface area contributed by atoms with Gasteiger partial charge in [-0.1, -0.05) is 40.2 Å². The van der Waals surface area contributed by atoms with Crippen LogP contribution in [-0.4, -0.2) is 31.4 Å². The molecule has 0 fully saturated rings. The predicted molar refractivity (Wildman–Crippen MR) is 126 cm³/mol. The molecule has 0 bridgehead atoms. The molecule has 33 heavy (non-hydrogen) atoms. The van der Waals surface area contributed by atoms with Gasteiger partial charge in [0.15, 0.2) is 11.5 Å². The SMILES string of the molecule is O=C(CNC(=O)c1ccc2c(c1)OCO2)NN=Cc1ccccc1OCc1ccc(Br)cc1. The van der Waals surface area contributed by atoms with Crippen molar-refractivity contribution in [3.05, 3.63) is 87.9 Å². The van der Waals surface area contributed by atoms with Crippen molar-refractivity contribution in [3.63, 3.8) is 0 Å². The lowest BCUT2D eigenvalue weighted by Gasteiger charge is -2.09. The number of nitrogens with zero attached hydrogens (tertiary/aromatic N) is 1. The van der Waals surface area contributed by atoms with Crippen LogP contribution in [-0.2, 0) is 11.4 Å². The Bertz CT molecular complexity index is 1180. The number of halogens is 1. The standard InChI is InChI=1S/C24H20BrN3O5/c25-19-8-5-16(6-9-19)14-31-20-4-2-1-3-18(20)12-27-28-23(29)13-26-24(30)17-7-10-21-22(11-17)33-15-32-21/h1-12H,13-15H2,(H,26,30)(H,28,29). The predicted octanol–water partition coefficient (Wildman–Crippen LogP) is 3.64. The number of nitrogens with one attached hydrogen (secondary N) is 2. The molecular formula is C24H20BrN3O5. The Morgan fingerprint density at radius 1 is 1.03 bits per heavy atom. The largest absolute Gasteiger partial charge is 0.488 e. The van der Waals surface area contributed by atoms with E-state index in [1.165, 1.54) is 6.21 Å². The van der Waals surface area contributed by atoms with Crippen LogP contribution in [0.5, 0.6) is 17.2 Å². The number of fused-ring (bicyclic) bond motifs is 1. The normalized spacial score (nSPS) is 11.9. The fraction of sp³-hybridized carbons (Fsp3) is 0.125. The fourth-order valence-corrected chi connectivity index (χ4v) is 3.24. The van der Waals surface area contributed by atoms with Gasteiger partial charge in [-0.3, -0.25) is 9.59 Å². The number of amides is 2. The van der Waals surface area contributed by atoms with Crippen LogP contribution < -0.4 is 25.0 Å². The van der Waals surface area contributed by atoms with Gasteiger partial charge in [0.2, 0.25) is 6.79 Å². The summed E-state index contributed by atoms with van der Waals surface area (Å²) >= 11 is 3.41. The second kappa shape index (κ2) is 10.6. The summed E-state index contributed by atoms with van der Waals surface area (Å²) in [6.07, 6.45) is 1.49. The second-order valence-corrected chi connectivity index (χ2v) is 7.91. The summed E-state index contributed by atoms with van der Waals surface area (Å²) in [5.74, 6) is 0.847. The van der Waals surface area contributed by atoms with Crippen LogP contribution in [0.2, 0.25) is 0 Å². The minimum atomic E-state index is -0.464. The van der Waals surface area contributed by atoms with Crippen molar-refractivity contribution in [1.29, 1.82) is 0 Å². The smallest absolute Gasteiger partial charge is 0.259 e. The van der Waals surface area contributed by atoms with Crippen LogP contribution in [0.1, 0.15) is 21.5 Å². The highest BCUT2D eigenvalue weighted by Crippen LogP contribution is 2.32. The van der Waals surface area contributed by atoms with Gasteiger partial charge in [0.1, 0.15) is 12.4 Å². The zero-order valence-corrected chi connectivity index (χ0v) is 19.0. The van der Waals surface area contributed by atoms with Crippen LogP contribution in [0, 0.1) is 0 Å². The molecule has 0 spiro atoms. The lowest BCUT2D eigenvalue weighted by atomic mass is 10.2. The van der Waals surface area contributed by atoms with Crippen molar-refractivity contribution < 1.29 is 23.8 Å². The maximum absolute atomic E-state index is 12.3. The number of carbonyl (C=O) groups is 2. The number of ether oxygens (including phenoxy) is 3. The number of hydrazone groups is 1. The molecule has 0 saturated carbocycles. The van der Waals surface area contributed by atoms with Gasteiger partial charge in [0.25, 0.3) is 11.8 Å². The van der Waals surface area contributed by atoms with Crippen molar-refractivity contribution in [2.75, 3.05) is 13.3 Å². The second-order valence-electron chi connectivity index (χ2n) is 7.00. The molecule has 0 unspecified atom stereocenters. The number of hydrogen-bond donors (Lipinski definition) is 2. The minimum absolute atomic E-state index is 0.124. The molecule has 0 aromatic heterocycles. The van der Waals surface area contributed by atoms with Gasteiger partial charge < -0.3 is 19.5 Å². The summed E-state index contributed by atoms with van der Waals surface area (Å²) in [4.78, 5) is 24.3. The molecule has 1 aliphatic heterocycles.